The van der Waals surface area contributed by atoms with Crippen molar-refractivity contribution in [1.29, 1.82) is 0 Å². The van der Waals surface area contributed by atoms with Gasteiger partial charge < -0.3 is 10.2 Å². The Labute approximate surface area is 212 Å². The zero-order chi connectivity index (χ0) is 27.0. The van der Waals surface area contributed by atoms with E-state index in [1.165, 1.54) is 48.2 Å². The summed E-state index contributed by atoms with van der Waals surface area (Å²) in [5.41, 5.74) is 1.05. The molecule has 36 heavy (non-hydrogen) atoms. The van der Waals surface area contributed by atoms with E-state index in [2.05, 4.69) is 5.32 Å². The Hall–Kier alpha value is -3.27. The standard InChI is InChI=1S/C26H34FN3O5S/c1-6-18(3)28-26(33)24(7-2)29(16-20-11-13-22(27)14-12-20)25(32)17-30(36(5,34)35)23-10-8-9-21(15-23)19(4)31/h8-15,18,24H,6-7,16-17H2,1-5H3,(H,28,33)/t18-,24-/m1/s1. The third-order valence-electron chi connectivity index (χ3n) is 5.87. The highest BCUT2D eigenvalue weighted by atomic mass is 32.2. The zero-order valence-corrected chi connectivity index (χ0v) is 22.1. The Morgan fingerprint density at radius 3 is 2.19 bits per heavy atom. The third-order valence-corrected chi connectivity index (χ3v) is 7.01. The van der Waals surface area contributed by atoms with Gasteiger partial charge in [0.15, 0.2) is 5.78 Å². The van der Waals surface area contributed by atoms with E-state index >= 15 is 0 Å². The molecule has 8 nitrogen and oxygen atoms in total. The molecule has 0 saturated heterocycles. The summed E-state index contributed by atoms with van der Waals surface area (Å²) in [6.07, 6.45) is 1.95. The number of nitrogens with zero attached hydrogens (tertiary/aromatic N) is 2. The van der Waals surface area contributed by atoms with Crippen molar-refractivity contribution >= 4 is 33.3 Å². The highest BCUT2D eigenvalue weighted by Crippen LogP contribution is 2.21. The average molecular weight is 520 g/mol. The molecule has 0 fully saturated rings. The van der Waals surface area contributed by atoms with Crippen molar-refractivity contribution in [2.24, 2.45) is 0 Å². The highest BCUT2D eigenvalue weighted by molar-refractivity contribution is 7.92. The lowest BCUT2D eigenvalue weighted by molar-refractivity contribution is -0.140. The second-order valence-corrected chi connectivity index (χ2v) is 10.7. The van der Waals surface area contributed by atoms with Crippen molar-refractivity contribution in [1.82, 2.24) is 10.2 Å². The fraction of sp³-hybridized carbons (Fsp3) is 0.423. The van der Waals surface area contributed by atoms with E-state index in [0.717, 1.165) is 10.6 Å². The maximum atomic E-state index is 13.6. The van der Waals surface area contributed by atoms with Crippen molar-refractivity contribution < 1.29 is 27.2 Å². The predicted octanol–water partition coefficient (Wildman–Crippen LogP) is 3.52. The van der Waals surface area contributed by atoms with Crippen LogP contribution in [-0.2, 0) is 26.2 Å². The van der Waals surface area contributed by atoms with Gasteiger partial charge in [-0.2, -0.15) is 0 Å². The first-order valence-corrected chi connectivity index (χ1v) is 13.6. The van der Waals surface area contributed by atoms with Gasteiger partial charge in [0.2, 0.25) is 21.8 Å². The zero-order valence-electron chi connectivity index (χ0n) is 21.3. The van der Waals surface area contributed by atoms with Crippen LogP contribution in [0, 0.1) is 5.82 Å². The van der Waals surface area contributed by atoms with Gasteiger partial charge in [0.05, 0.1) is 11.9 Å². The molecule has 10 heteroatoms. The Morgan fingerprint density at radius 2 is 1.67 bits per heavy atom. The number of rotatable bonds is 12. The number of carbonyl (C=O) groups excluding carboxylic acids is 3. The van der Waals surface area contributed by atoms with Crippen LogP contribution in [0.3, 0.4) is 0 Å². The van der Waals surface area contributed by atoms with E-state index in [-0.39, 0.29) is 36.4 Å². The minimum absolute atomic E-state index is 0.0172. The van der Waals surface area contributed by atoms with E-state index in [4.69, 9.17) is 0 Å². The number of anilines is 1. The number of ketones is 1. The molecule has 2 rings (SSSR count). The van der Waals surface area contributed by atoms with Crippen LogP contribution in [0.15, 0.2) is 48.5 Å². The number of hydrogen-bond acceptors (Lipinski definition) is 5. The molecule has 0 aromatic heterocycles. The molecular formula is C26H34FN3O5S. The van der Waals surface area contributed by atoms with E-state index in [9.17, 15) is 27.2 Å². The molecule has 0 spiro atoms. The van der Waals surface area contributed by atoms with Crippen molar-refractivity contribution in [2.45, 2.75) is 59.2 Å². The molecule has 0 saturated carbocycles. The Bertz CT molecular complexity index is 1180. The summed E-state index contributed by atoms with van der Waals surface area (Å²) >= 11 is 0. The normalized spacial score (nSPS) is 12.9. The predicted molar refractivity (Wildman–Crippen MR) is 138 cm³/mol. The lowest BCUT2D eigenvalue weighted by Gasteiger charge is -2.33. The molecule has 0 aliphatic carbocycles. The Balaban J connectivity index is 2.47. The highest BCUT2D eigenvalue weighted by Gasteiger charge is 2.32. The molecule has 2 amide bonds. The number of sulfonamides is 1. The molecule has 0 radical (unpaired) electrons. The van der Waals surface area contributed by atoms with Crippen LogP contribution in [0.4, 0.5) is 10.1 Å². The van der Waals surface area contributed by atoms with Crippen LogP contribution in [0.25, 0.3) is 0 Å². The summed E-state index contributed by atoms with van der Waals surface area (Å²) in [4.78, 5) is 39.8. The van der Waals surface area contributed by atoms with Gasteiger partial charge in [-0.1, -0.05) is 38.1 Å². The summed E-state index contributed by atoms with van der Waals surface area (Å²) in [5, 5.41) is 2.88. The van der Waals surface area contributed by atoms with Gasteiger partial charge in [-0.05, 0) is 56.5 Å². The van der Waals surface area contributed by atoms with E-state index < -0.39 is 34.3 Å². The molecule has 2 atom stereocenters. The molecule has 2 aromatic carbocycles. The molecule has 196 valence electrons. The number of nitrogens with one attached hydrogen (secondary N) is 1. The first kappa shape index (κ1) is 29.0. The summed E-state index contributed by atoms with van der Waals surface area (Å²) < 4.78 is 39.7. The van der Waals surface area contributed by atoms with Gasteiger partial charge in [-0.25, -0.2) is 12.8 Å². The molecule has 1 N–H and O–H groups in total. The van der Waals surface area contributed by atoms with E-state index in [0.29, 0.717) is 17.5 Å². The first-order valence-electron chi connectivity index (χ1n) is 11.8. The van der Waals surface area contributed by atoms with Gasteiger partial charge in [-0.3, -0.25) is 18.7 Å². The number of carbonyl (C=O) groups is 3. The monoisotopic (exact) mass is 519 g/mol. The minimum Gasteiger partial charge on any atom is -0.352 e. The smallest absolute Gasteiger partial charge is 0.244 e. The quantitative estimate of drug-likeness (QED) is 0.432. The van der Waals surface area contributed by atoms with Crippen LogP contribution in [-0.4, -0.2) is 55.8 Å². The van der Waals surface area contributed by atoms with Gasteiger partial charge in [0.1, 0.15) is 18.4 Å². The molecular weight excluding hydrogens is 485 g/mol. The first-order chi connectivity index (χ1) is 16.9. The second kappa shape index (κ2) is 12.6. The van der Waals surface area contributed by atoms with Crippen LogP contribution >= 0.6 is 0 Å². The lowest BCUT2D eigenvalue weighted by Crippen LogP contribution is -2.53. The van der Waals surface area contributed by atoms with Gasteiger partial charge >= 0.3 is 0 Å². The number of halogens is 1. The van der Waals surface area contributed by atoms with Crippen LogP contribution in [0.2, 0.25) is 0 Å². The summed E-state index contributed by atoms with van der Waals surface area (Å²) in [6.45, 7) is 6.31. The lowest BCUT2D eigenvalue weighted by atomic mass is 10.1. The fourth-order valence-electron chi connectivity index (χ4n) is 3.64. The molecule has 0 aliphatic heterocycles. The largest absolute Gasteiger partial charge is 0.352 e. The molecule has 0 aliphatic rings. The Kier molecular flexibility index (Phi) is 10.2. The van der Waals surface area contributed by atoms with Crippen LogP contribution in [0.5, 0.6) is 0 Å². The number of hydrogen-bond donors (Lipinski definition) is 1. The van der Waals surface area contributed by atoms with Crippen molar-refractivity contribution in [3.05, 3.63) is 65.5 Å². The average Bonchev–Trinajstić information content (AvgIpc) is 2.82. The summed E-state index contributed by atoms with van der Waals surface area (Å²) in [5.74, 6) is -1.65. The van der Waals surface area contributed by atoms with Crippen LogP contribution in [0.1, 0.15) is 56.5 Å². The number of benzene rings is 2. The topological polar surface area (TPSA) is 104 Å². The van der Waals surface area contributed by atoms with E-state index in [1.54, 1.807) is 19.1 Å². The SMILES string of the molecule is CC[C@@H](C)NC(=O)[C@@H](CC)N(Cc1ccc(F)cc1)C(=O)CN(c1cccc(C(C)=O)c1)S(C)(=O)=O. The summed E-state index contributed by atoms with van der Waals surface area (Å²) in [6, 6.07) is 10.6. The third kappa shape index (κ3) is 7.87. The van der Waals surface area contributed by atoms with Gasteiger partial charge in [-0.15, -0.1) is 0 Å². The molecule has 2 aromatic rings. The maximum absolute atomic E-state index is 13.6. The Morgan fingerprint density at radius 1 is 1.03 bits per heavy atom. The van der Waals surface area contributed by atoms with Gasteiger partial charge in [0, 0.05) is 18.2 Å². The van der Waals surface area contributed by atoms with Crippen LogP contribution < -0.4 is 9.62 Å². The minimum atomic E-state index is -3.92. The van der Waals surface area contributed by atoms with Gasteiger partial charge in [0.25, 0.3) is 0 Å². The maximum Gasteiger partial charge on any atom is 0.244 e. The molecule has 0 unspecified atom stereocenters. The van der Waals surface area contributed by atoms with Crippen molar-refractivity contribution in [3.63, 3.8) is 0 Å². The molecule has 0 heterocycles. The fourth-order valence-corrected chi connectivity index (χ4v) is 4.48. The van der Waals surface area contributed by atoms with Crippen molar-refractivity contribution in [2.75, 3.05) is 17.1 Å². The number of amides is 2. The summed E-state index contributed by atoms with van der Waals surface area (Å²) in [7, 11) is -3.92. The second-order valence-electron chi connectivity index (χ2n) is 8.77. The van der Waals surface area contributed by atoms with Crippen molar-refractivity contribution in [3.8, 4) is 0 Å². The number of Topliss-reactive ketones (excluding diaryl/α,β-unsaturated/α-hetero) is 1. The van der Waals surface area contributed by atoms with E-state index in [1.807, 2.05) is 13.8 Å². The molecule has 0 bridgehead atoms.